The Labute approximate surface area is 153 Å². The van der Waals surface area contributed by atoms with Gasteiger partial charge in [0.25, 0.3) is 5.91 Å². The van der Waals surface area contributed by atoms with Crippen LogP contribution in [0.4, 0.5) is 5.95 Å². The Kier molecular flexibility index (Phi) is 5.88. The van der Waals surface area contributed by atoms with Gasteiger partial charge in [0.05, 0.1) is 5.56 Å². The Hall–Kier alpha value is -3.28. The van der Waals surface area contributed by atoms with Crippen LogP contribution in [0.2, 0.25) is 0 Å². The number of nitrogens with zero attached hydrogens (tertiary/aromatic N) is 4. The largest absolute Gasteiger partial charge is 0.350 e. The monoisotopic (exact) mass is 347 g/mol. The van der Waals surface area contributed by atoms with E-state index in [0.29, 0.717) is 31.1 Å². The molecule has 0 spiro atoms. The van der Waals surface area contributed by atoms with Crippen molar-refractivity contribution in [2.24, 2.45) is 0 Å². The summed E-state index contributed by atoms with van der Waals surface area (Å²) in [7, 11) is 0. The highest BCUT2D eigenvalue weighted by atomic mass is 16.2. The summed E-state index contributed by atoms with van der Waals surface area (Å²) in [5.41, 5.74) is 2.67. The zero-order chi connectivity index (χ0) is 18.2. The molecule has 0 atom stereocenters. The van der Waals surface area contributed by atoms with Gasteiger partial charge in [-0.2, -0.15) is 0 Å². The van der Waals surface area contributed by atoms with Gasteiger partial charge in [-0.25, -0.2) is 9.97 Å². The molecular weight excluding hydrogens is 326 g/mol. The van der Waals surface area contributed by atoms with Crippen molar-refractivity contribution in [1.82, 2.24) is 19.9 Å². The molecule has 2 heterocycles. The van der Waals surface area contributed by atoms with Crippen molar-refractivity contribution in [1.29, 1.82) is 0 Å². The van der Waals surface area contributed by atoms with Crippen LogP contribution in [0.1, 0.15) is 28.4 Å². The van der Waals surface area contributed by atoms with Crippen LogP contribution >= 0.6 is 0 Å². The normalized spacial score (nSPS) is 10.3. The average molecular weight is 347 g/mol. The lowest BCUT2D eigenvalue weighted by Crippen LogP contribution is -2.30. The molecule has 0 fully saturated rings. The minimum Gasteiger partial charge on any atom is -0.350 e. The van der Waals surface area contributed by atoms with Gasteiger partial charge in [-0.15, -0.1) is 0 Å². The summed E-state index contributed by atoms with van der Waals surface area (Å²) in [6, 6.07) is 13.8. The second kappa shape index (κ2) is 8.71. The number of aromatic nitrogens is 3. The molecule has 2 aromatic heterocycles. The van der Waals surface area contributed by atoms with Crippen LogP contribution in [0.25, 0.3) is 0 Å². The van der Waals surface area contributed by atoms with Crippen LogP contribution in [0.3, 0.4) is 0 Å². The number of hydrogen-bond donors (Lipinski definition) is 1. The molecule has 1 N–H and O–H groups in total. The van der Waals surface area contributed by atoms with Gasteiger partial charge >= 0.3 is 0 Å². The lowest BCUT2D eigenvalue weighted by molar-refractivity contribution is 0.0751. The Bertz CT molecular complexity index is 822. The van der Waals surface area contributed by atoms with Gasteiger partial charge in [0.2, 0.25) is 5.95 Å². The molecule has 0 unspecified atom stereocenters. The van der Waals surface area contributed by atoms with Crippen LogP contribution in [0.15, 0.2) is 67.3 Å². The van der Waals surface area contributed by atoms with E-state index in [4.69, 9.17) is 0 Å². The van der Waals surface area contributed by atoms with E-state index in [1.165, 1.54) is 0 Å². The van der Waals surface area contributed by atoms with Gasteiger partial charge in [-0.1, -0.05) is 30.3 Å². The van der Waals surface area contributed by atoms with Crippen molar-refractivity contribution < 1.29 is 4.79 Å². The molecule has 0 aliphatic heterocycles. The highest BCUT2D eigenvalue weighted by Crippen LogP contribution is 2.10. The van der Waals surface area contributed by atoms with Crippen molar-refractivity contribution in [3.8, 4) is 0 Å². The maximum absolute atomic E-state index is 12.7. The highest BCUT2D eigenvalue weighted by Gasteiger charge is 2.15. The lowest BCUT2D eigenvalue weighted by atomic mass is 10.2. The fraction of sp³-hybridized carbons (Fsp3) is 0.200. The fourth-order valence-corrected chi connectivity index (χ4v) is 2.53. The van der Waals surface area contributed by atoms with E-state index in [-0.39, 0.29) is 5.91 Å². The molecule has 26 heavy (non-hydrogen) atoms. The minimum absolute atomic E-state index is 0.0722. The van der Waals surface area contributed by atoms with E-state index in [1.54, 1.807) is 29.7 Å². The average Bonchev–Trinajstić information content (AvgIpc) is 2.72. The summed E-state index contributed by atoms with van der Waals surface area (Å²) in [5, 5.41) is 3.14. The van der Waals surface area contributed by atoms with Gasteiger partial charge < -0.3 is 10.2 Å². The van der Waals surface area contributed by atoms with Crippen molar-refractivity contribution in [3.05, 3.63) is 83.9 Å². The summed E-state index contributed by atoms with van der Waals surface area (Å²) < 4.78 is 0. The number of carbonyl (C=O) groups is 1. The lowest BCUT2D eigenvalue weighted by Gasteiger charge is -2.20. The van der Waals surface area contributed by atoms with Crippen LogP contribution in [-0.4, -0.2) is 32.3 Å². The standard InChI is InChI=1S/C20H21N5O/c1-2-25(15-17-6-4-3-5-7-17)19(26)18-13-23-20(24-14-18)22-12-16-8-10-21-11-9-16/h3-11,13-14H,2,12,15H2,1H3,(H,22,23,24). The quantitative estimate of drug-likeness (QED) is 0.711. The molecule has 0 aliphatic rings. The summed E-state index contributed by atoms with van der Waals surface area (Å²) in [4.78, 5) is 27.0. The van der Waals surface area contributed by atoms with Gasteiger partial charge in [0, 0.05) is 44.4 Å². The SMILES string of the molecule is CCN(Cc1ccccc1)C(=O)c1cnc(NCc2ccncc2)nc1. The molecule has 1 amide bonds. The molecular formula is C20H21N5O. The van der Waals surface area contributed by atoms with Gasteiger partial charge in [-0.3, -0.25) is 9.78 Å². The van der Waals surface area contributed by atoms with E-state index in [0.717, 1.165) is 11.1 Å². The third-order valence-corrected chi connectivity index (χ3v) is 3.98. The molecule has 132 valence electrons. The number of benzene rings is 1. The predicted molar refractivity (Wildman–Crippen MR) is 100 cm³/mol. The molecule has 3 aromatic rings. The Morgan fingerprint density at radius 1 is 1.00 bits per heavy atom. The third kappa shape index (κ3) is 4.63. The molecule has 0 radical (unpaired) electrons. The van der Waals surface area contributed by atoms with Crippen molar-refractivity contribution >= 4 is 11.9 Å². The van der Waals surface area contributed by atoms with Crippen LogP contribution < -0.4 is 5.32 Å². The Balaban J connectivity index is 1.62. The van der Waals surface area contributed by atoms with Gasteiger partial charge in [0.1, 0.15) is 0 Å². The maximum Gasteiger partial charge on any atom is 0.257 e. The molecule has 0 aliphatic carbocycles. The first-order chi connectivity index (χ1) is 12.8. The van der Waals surface area contributed by atoms with Crippen LogP contribution in [-0.2, 0) is 13.1 Å². The highest BCUT2D eigenvalue weighted by molar-refractivity contribution is 5.93. The molecule has 6 heteroatoms. The van der Waals surface area contributed by atoms with E-state index in [1.807, 2.05) is 49.4 Å². The number of amides is 1. The number of rotatable bonds is 7. The molecule has 6 nitrogen and oxygen atoms in total. The van der Waals surface area contributed by atoms with Crippen LogP contribution in [0, 0.1) is 0 Å². The minimum atomic E-state index is -0.0722. The van der Waals surface area contributed by atoms with Gasteiger partial charge in [-0.05, 0) is 30.2 Å². The number of anilines is 1. The first-order valence-corrected chi connectivity index (χ1v) is 8.54. The molecule has 3 rings (SSSR count). The summed E-state index contributed by atoms with van der Waals surface area (Å²) >= 11 is 0. The summed E-state index contributed by atoms with van der Waals surface area (Å²) in [6.07, 6.45) is 6.62. The molecule has 0 saturated heterocycles. The van der Waals surface area contributed by atoms with Crippen LogP contribution in [0.5, 0.6) is 0 Å². The van der Waals surface area contributed by atoms with Crippen molar-refractivity contribution in [2.45, 2.75) is 20.0 Å². The number of pyridine rings is 1. The number of hydrogen-bond acceptors (Lipinski definition) is 5. The Morgan fingerprint density at radius 3 is 2.35 bits per heavy atom. The first kappa shape index (κ1) is 17.5. The zero-order valence-electron chi connectivity index (χ0n) is 14.7. The molecule has 0 saturated carbocycles. The fourth-order valence-electron chi connectivity index (χ4n) is 2.53. The Morgan fingerprint density at radius 2 is 1.69 bits per heavy atom. The predicted octanol–water partition coefficient (Wildman–Crippen LogP) is 3.15. The van der Waals surface area contributed by atoms with E-state index >= 15 is 0 Å². The van der Waals surface area contributed by atoms with E-state index in [2.05, 4.69) is 20.3 Å². The van der Waals surface area contributed by atoms with Crippen molar-refractivity contribution in [2.75, 3.05) is 11.9 Å². The maximum atomic E-state index is 12.7. The number of carbonyl (C=O) groups excluding carboxylic acids is 1. The first-order valence-electron chi connectivity index (χ1n) is 8.54. The van der Waals surface area contributed by atoms with E-state index in [9.17, 15) is 4.79 Å². The third-order valence-electron chi connectivity index (χ3n) is 3.98. The molecule has 0 bridgehead atoms. The smallest absolute Gasteiger partial charge is 0.257 e. The van der Waals surface area contributed by atoms with Gasteiger partial charge in [0.15, 0.2) is 0 Å². The van der Waals surface area contributed by atoms with E-state index < -0.39 is 0 Å². The molecule has 1 aromatic carbocycles. The second-order valence-electron chi connectivity index (χ2n) is 5.81. The second-order valence-corrected chi connectivity index (χ2v) is 5.81. The van der Waals surface area contributed by atoms with Crippen molar-refractivity contribution in [3.63, 3.8) is 0 Å². The summed E-state index contributed by atoms with van der Waals surface area (Å²) in [6.45, 7) is 3.76. The summed E-state index contributed by atoms with van der Waals surface area (Å²) in [5.74, 6) is 0.418. The zero-order valence-corrected chi connectivity index (χ0v) is 14.7. The number of nitrogens with one attached hydrogen (secondary N) is 1. The topological polar surface area (TPSA) is 71.0 Å².